The highest BCUT2D eigenvalue weighted by Gasteiger charge is 2.45. The topological polar surface area (TPSA) is 49.8 Å². The van der Waals surface area contributed by atoms with E-state index in [0.717, 1.165) is 31.5 Å². The van der Waals surface area contributed by atoms with Gasteiger partial charge in [-0.2, -0.15) is 0 Å². The lowest BCUT2D eigenvalue weighted by atomic mass is 9.72. The van der Waals surface area contributed by atoms with E-state index in [9.17, 15) is 9.90 Å². The maximum atomic E-state index is 11.9. The Kier molecular flexibility index (Phi) is 4.00. The van der Waals surface area contributed by atoms with E-state index in [1.165, 1.54) is 0 Å². The zero-order valence-corrected chi connectivity index (χ0v) is 12.5. The first-order chi connectivity index (χ1) is 10.2. The smallest absolute Gasteiger partial charge is 0.314 e. The molecule has 0 radical (unpaired) electrons. The minimum atomic E-state index is -0.706. The van der Waals surface area contributed by atoms with Gasteiger partial charge in [0, 0.05) is 13.2 Å². The summed E-state index contributed by atoms with van der Waals surface area (Å²) in [6.45, 7) is 1.73. The molecule has 3 rings (SSSR count). The van der Waals surface area contributed by atoms with Crippen LogP contribution >= 0.6 is 0 Å². The summed E-state index contributed by atoms with van der Waals surface area (Å²) in [4.78, 5) is 14.3. The van der Waals surface area contributed by atoms with Crippen LogP contribution in [0.5, 0.6) is 0 Å². The van der Waals surface area contributed by atoms with E-state index in [0.29, 0.717) is 25.0 Å². The minimum Gasteiger partial charge on any atom is -0.481 e. The van der Waals surface area contributed by atoms with Crippen molar-refractivity contribution in [3.8, 4) is 0 Å². The van der Waals surface area contributed by atoms with Gasteiger partial charge in [-0.3, -0.25) is 4.79 Å². The van der Waals surface area contributed by atoms with Crippen molar-refractivity contribution in [3.63, 3.8) is 0 Å². The molecule has 1 aliphatic heterocycles. The number of benzene rings is 1. The van der Waals surface area contributed by atoms with E-state index in [2.05, 4.69) is 4.90 Å². The third-order valence-electron chi connectivity index (χ3n) is 5.31. The summed E-state index contributed by atoms with van der Waals surface area (Å²) in [6.07, 6.45) is 3.96. The second-order valence-corrected chi connectivity index (χ2v) is 6.27. The maximum absolute atomic E-state index is 11.9. The predicted molar refractivity (Wildman–Crippen MR) is 80.4 cm³/mol. The fraction of sp³-hybridized carbons (Fsp3) is 0.588. The zero-order chi connectivity index (χ0) is 14.9. The van der Waals surface area contributed by atoms with Gasteiger partial charge in [-0.05, 0) is 44.3 Å². The highest BCUT2D eigenvalue weighted by molar-refractivity contribution is 5.81. The van der Waals surface area contributed by atoms with E-state index in [4.69, 9.17) is 4.74 Å². The molecule has 4 heteroatoms. The van der Waals surface area contributed by atoms with Crippen molar-refractivity contribution in [2.24, 2.45) is 0 Å². The Labute approximate surface area is 125 Å². The number of piperidine rings is 1. The van der Waals surface area contributed by atoms with Gasteiger partial charge in [-0.25, -0.2) is 0 Å². The van der Waals surface area contributed by atoms with Crippen LogP contribution in [-0.4, -0.2) is 48.3 Å². The van der Waals surface area contributed by atoms with Crippen LogP contribution < -0.4 is 0 Å². The number of hydrogen-bond donors (Lipinski definition) is 1. The van der Waals surface area contributed by atoms with Crippen LogP contribution in [0.3, 0.4) is 0 Å². The van der Waals surface area contributed by atoms with Crippen LogP contribution in [0, 0.1) is 0 Å². The summed E-state index contributed by atoms with van der Waals surface area (Å²) in [5, 5.41) is 9.78. The van der Waals surface area contributed by atoms with Gasteiger partial charge in [0.05, 0.1) is 11.5 Å². The molecule has 1 aliphatic carbocycles. The average molecular weight is 289 g/mol. The molecule has 0 spiro atoms. The predicted octanol–water partition coefficient (Wildman–Crippen LogP) is 2.28. The summed E-state index contributed by atoms with van der Waals surface area (Å²) in [6, 6.07) is 10.3. The molecule has 0 amide bonds. The van der Waals surface area contributed by atoms with Crippen molar-refractivity contribution in [1.29, 1.82) is 0 Å². The summed E-state index contributed by atoms with van der Waals surface area (Å²) < 4.78 is 5.33. The summed E-state index contributed by atoms with van der Waals surface area (Å²) in [5.74, 6) is -0.684. The summed E-state index contributed by atoms with van der Waals surface area (Å²) in [5.41, 5.74) is 0.239. The molecular weight excluding hydrogens is 266 g/mol. The number of methoxy groups -OCH3 is 1. The Hall–Kier alpha value is -1.39. The fourth-order valence-electron chi connectivity index (χ4n) is 3.68. The van der Waals surface area contributed by atoms with Gasteiger partial charge < -0.3 is 14.7 Å². The monoisotopic (exact) mass is 289 g/mol. The molecule has 1 saturated heterocycles. The Morgan fingerprint density at radius 1 is 1.24 bits per heavy atom. The van der Waals surface area contributed by atoms with E-state index in [-0.39, 0.29) is 0 Å². The first kappa shape index (κ1) is 14.5. The van der Waals surface area contributed by atoms with Gasteiger partial charge in [-0.15, -0.1) is 0 Å². The van der Waals surface area contributed by atoms with Crippen LogP contribution in [-0.2, 0) is 14.9 Å². The van der Waals surface area contributed by atoms with E-state index >= 15 is 0 Å². The molecule has 1 N–H and O–H groups in total. The van der Waals surface area contributed by atoms with Crippen molar-refractivity contribution < 1.29 is 14.6 Å². The van der Waals surface area contributed by atoms with Crippen molar-refractivity contribution in [2.45, 2.75) is 43.2 Å². The van der Waals surface area contributed by atoms with Gasteiger partial charge in [0.1, 0.15) is 0 Å². The van der Waals surface area contributed by atoms with Crippen molar-refractivity contribution in [1.82, 2.24) is 4.90 Å². The summed E-state index contributed by atoms with van der Waals surface area (Å²) >= 11 is 0. The Morgan fingerprint density at radius 3 is 2.38 bits per heavy atom. The molecule has 1 heterocycles. The number of carboxylic acid groups (broad SMARTS) is 1. The highest BCUT2D eigenvalue weighted by Crippen LogP contribution is 2.39. The van der Waals surface area contributed by atoms with E-state index in [1.807, 2.05) is 30.3 Å². The normalized spacial score (nSPS) is 28.8. The molecule has 0 aromatic heterocycles. The molecule has 2 aliphatic rings. The average Bonchev–Trinajstić information content (AvgIpc) is 2.47. The van der Waals surface area contributed by atoms with Crippen LogP contribution in [0.25, 0.3) is 0 Å². The van der Waals surface area contributed by atoms with Crippen molar-refractivity contribution in [3.05, 3.63) is 35.9 Å². The number of rotatable bonds is 4. The van der Waals surface area contributed by atoms with Gasteiger partial charge in [0.15, 0.2) is 0 Å². The first-order valence-electron chi connectivity index (χ1n) is 7.71. The lowest BCUT2D eigenvalue weighted by molar-refractivity contribution is -0.147. The fourth-order valence-corrected chi connectivity index (χ4v) is 3.68. The quantitative estimate of drug-likeness (QED) is 0.924. The number of carboxylic acids is 1. The molecular formula is C17H23NO3. The van der Waals surface area contributed by atoms with Crippen LogP contribution in [0.4, 0.5) is 0 Å². The number of likely N-dealkylation sites (tertiary alicyclic amines) is 1. The van der Waals surface area contributed by atoms with Crippen molar-refractivity contribution in [2.75, 3.05) is 20.2 Å². The molecule has 21 heavy (non-hydrogen) atoms. The maximum Gasteiger partial charge on any atom is 0.314 e. The molecule has 114 valence electrons. The third kappa shape index (κ3) is 2.58. The zero-order valence-electron chi connectivity index (χ0n) is 12.5. The number of hydrogen-bond acceptors (Lipinski definition) is 3. The molecule has 1 saturated carbocycles. The van der Waals surface area contributed by atoms with Crippen LogP contribution in [0.15, 0.2) is 30.3 Å². The Bertz CT molecular complexity index is 488. The third-order valence-corrected chi connectivity index (χ3v) is 5.31. The Balaban J connectivity index is 1.68. The van der Waals surface area contributed by atoms with Crippen LogP contribution in [0.2, 0.25) is 0 Å². The molecule has 1 aromatic carbocycles. The van der Waals surface area contributed by atoms with Gasteiger partial charge in [-0.1, -0.05) is 30.3 Å². The number of aliphatic carboxylic acids is 1. The summed E-state index contributed by atoms with van der Waals surface area (Å²) in [7, 11) is 1.77. The van der Waals surface area contributed by atoms with Crippen LogP contribution in [0.1, 0.15) is 31.2 Å². The largest absolute Gasteiger partial charge is 0.481 e. The molecule has 4 nitrogen and oxygen atoms in total. The molecule has 1 aromatic rings. The standard InChI is InChI=1S/C17H23NO3/c1-21-15-11-14(12-15)18-9-7-17(8-10-18,16(19)20)13-5-3-2-4-6-13/h2-6,14-15H,7-12H2,1H3,(H,19,20). The second kappa shape index (κ2) is 5.78. The lowest BCUT2D eigenvalue weighted by Gasteiger charge is -2.47. The van der Waals surface area contributed by atoms with Gasteiger partial charge >= 0.3 is 5.97 Å². The number of carbonyl (C=O) groups is 1. The second-order valence-electron chi connectivity index (χ2n) is 6.27. The SMILES string of the molecule is COC1CC(N2CCC(C(=O)O)(c3ccccc3)CC2)C1. The molecule has 0 atom stereocenters. The van der Waals surface area contributed by atoms with E-state index in [1.54, 1.807) is 7.11 Å². The van der Waals surface area contributed by atoms with Gasteiger partial charge in [0.25, 0.3) is 0 Å². The van der Waals surface area contributed by atoms with E-state index < -0.39 is 11.4 Å². The molecule has 2 fully saturated rings. The number of nitrogens with zero attached hydrogens (tertiary/aromatic N) is 1. The molecule has 0 unspecified atom stereocenters. The molecule has 0 bridgehead atoms. The lowest BCUT2D eigenvalue weighted by Crippen LogP contribution is -2.54. The highest BCUT2D eigenvalue weighted by atomic mass is 16.5. The first-order valence-corrected chi connectivity index (χ1v) is 7.71. The minimum absolute atomic E-state index is 0.398. The number of ether oxygens (including phenoxy) is 1. The van der Waals surface area contributed by atoms with Gasteiger partial charge in [0.2, 0.25) is 0 Å². The Morgan fingerprint density at radius 2 is 1.86 bits per heavy atom. The van der Waals surface area contributed by atoms with Crippen molar-refractivity contribution >= 4 is 5.97 Å².